The summed E-state index contributed by atoms with van der Waals surface area (Å²) in [5, 5.41) is 21.6. The van der Waals surface area contributed by atoms with Crippen LogP contribution in [-0.4, -0.2) is 31.5 Å². The second-order valence-electron chi connectivity index (χ2n) is 7.08. The van der Waals surface area contributed by atoms with E-state index in [1.807, 2.05) is 41.8 Å². The molecular formula is C24H21FN4O3S. The van der Waals surface area contributed by atoms with Gasteiger partial charge in [-0.2, -0.15) is 0 Å². The van der Waals surface area contributed by atoms with E-state index in [2.05, 4.69) is 15.5 Å². The molecule has 1 aromatic heterocycles. The summed E-state index contributed by atoms with van der Waals surface area (Å²) in [5.41, 5.74) is 1.16. The SMILES string of the molecule is CC(Oc1ccc(F)cc1)c1nnc(SCC(=O)Nc2ccccc2O)n1-c1ccccc1. The molecule has 0 saturated heterocycles. The number of halogens is 1. The zero-order chi connectivity index (χ0) is 23.2. The third-order valence-corrected chi connectivity index (χ3v) is 5.60. The van der Waals surface area contributed by atoms with E-state index in [0.717, 1.165) is 5.69 Å². The Morgan fingerprint density at radius 3 is 2.48 bits per heavy atom. The molecule has 168 valence electrons. The van der Waals surface area contributed by atoms with Crippen LogP contribution >= 0.6 is 11.8 Å². The highest BCUT2D eigenvalue weighted by atomic mass is 32.2. The molecule has 1 atom stereocenters. The molecule has 9 heteroatoms. The normalized spacial score (nSPS) is 11.7. The van der Waals surface area contributed by atoms with Gasteiger partial charge < -0.3 is 15.2 Å². The van der Waals surface area contributed by atoms with Crippen LogP contribution in [-0.2, 0) is 4.79 Å². The Hall–Kier alpha value is -3.85. The highest BCUT2D eigenvalue weighted by Crippen LogP contribution is 2.28. The fourth-order valence-corrected chi connectivity index (χ4v) is 3.88. The number of carbonyl (C=O) groups is 1. The summed E-state index contributed by atoms with van der Waals surface area (Å²) in [6.45, 7) is 1.83. The summed E-state index contributed by atoms with van der Waals surface area (Å²) in [6, 6.07) is 21.8. The minimum Gasteiger partial charge on any atom is -0.506 e. The van der Waals surface area contributed by atoms with Crippen molar-refractivity contribution in [3.63, 3.8) is 0 Å². The molecule has 0 aliphatic heterocycles. The summed E-state index contributed by atoms with van der Waals surface area (Å²) in [7, 11) is 0. The van der Waals surface area contributed by atoms with Crippen LogP contribution in [0.5, 0.6) is 11.5 Å². The smallest absolute Gasteiger partial charge is 0.234 e. The number of ether oxygens (including phenoxy) is 1. The van der Waals surface area contributed by atoms with Gasteiger partial charge in [-0.15, -0.1) is 10.2 Å². The summed E-state index contributed by atoms with van der Waals surface area (Å²) in [4.78, 5) is 12.4. The second kappa shape index (κ2) is 10.2. The Morgan fingerprint density at radius 1 is 1.06 bits per heavy atom. The Balaban J connectivity index is 1.54. The van der Waals surface area contributed by atoms with Crippen LogP contribution in [0.2, 0.25) is 0 Å². The highest BCUT2D eigenvalue weighted by molar-refractivity contribution is 7.99. The molecule has 0 fully saturated rings. The summed E-state index contributed by atoms with van der Waals surface area (Å²) < 4.78 is 21.0. The molecule has 0 bridgehead atoms. The number of carbonyl (C=O) groups excluding carboxylic acids is 1. The summed E-state index contributed by atoms with van der Waals surface area (Å²) in [5.74, 6) is 0.464. The second-order valence-corrected chi connectivity index (χ2v) is 8.02. The molecule has 1 heterocycles. The van der Waals surface area contributed by atoms with E-state index in [4.69, 9.17) is 4.74 Å². The molecule has 0 spiro atoms. The van der Waals surface area contributed by atoms with Gasteiger partial charge in [0.25, 0.3) is 0 Å². The topological polar surface area (TPSA) is 89.3 Å². The summed E-state index contributed by atoms with van der Waals surface area (Å²) in [6.07, 6.45) is -0.493. The number of benzene rings is 3. The largest absolute Gasteiger partial charge is 0.506 e. The first-order valence-electron chi connectivity index (χ1n) is 10.1. The lowest BCUT2D eigenvalue weighted by Gasteiger charge is -2.16. The van der Waals surface area contributed by atoms with Crippen LogP contribution in [0.15, 0.2) is 84.0 Å². The third-order valence-electron chi connectivity index (χ3n) is 4.67. The average molecular weight is 465 g/mol. The number of aromatic nitrogens is 3. The molecule has 0 aliphatic carbocycles. The van der Waals surface area contributed by atoms with Gasteiger partial charge in [-0.3, -0.25) is 9.36 Å². The van der Waals surface area contributed by atoms with Gasteiger partial charge >= 0.3 is 0 Å². The number of phenols is 1. The van der Waals surface area contributed by atoms with E-state index >= 15 is 0 Å². The van der Waals surface area contributed by atoms with Gasteiger partial charge in [0.1, 0.15) is 17.3 Å². The number of nitrogens with one attached hydrogen (secondary N) is 1. The Morgan fingerprint density at radius 2 is 1.76 bits per heavy atom. The number of hydrogen-bond acceptors (Lipinski definition) is 6. The monoisotopic (exact) mass is 464 g/mol. The molecule has 33 heavy (non-hydrogen) atoms. The number of nitrogens with zero attached hydrogens (tertiary/aromatic N) is 3. The average Bonchev–Trinajstić information content (AvgIpc) is 3.25. The number of aromatic hydroxyl groups is 1. The van der Waals surface area contributed by atoms with E-state index in [1.165, 1.54) is 30.0 Å². The standard InChI is InChI=1S/C24H21FN4O3S/c1-16(32-19-13-11-17(25)12-14-19)23-27-28-24(29(23)18-7-3-2-4-8-18)33-15-22(31)26-20-9-5-6-10-21(20)30/h2-14,16,30H,15H2,1H3,(H,26,31). The van der Waals surface area contributed by atoms with Crippen LogP contribution in [0.4, 0.5) is 10.1 Å². The van der Waals surface area contributed by atoms with Crippen LogP contribution in [0.1, 0.15) is 18.9 Å². The minimum absolute atomic E-state index is 0.00245. The van der Waals surface area contributed by atoms with Crippen molar-refractivity contribution >= 4 is 23.4 Å². The van der Waals surface area contributed by atoms with E-state index in [9.17, 15) is 14.3 Å². The molecule has 2 N–H and O–H groups in total. The number of para-hydroxylation sites is 3. The summed E-state index contributed by atoms with van der Waals surface area (Å²) >= 11 is 1.21. The first-order chi connectivity index (χ1) is 16.0. The first-order valence-corrected chi connectivity index (χ1v) is 11.1. The van der Waals surface area contributed by atoms with Crippen LogP contribution in [0, 0.1) is 5.82 Å². The van der Waals surface area contributed by atoms with Crippen molar-refractivity contribution < 1.29 is 19.0 Å². The maximum Gasteiger partial charge on any atom is 0.234 e. The predicted molar refractivity (Wildman–Crippen MR) is 124 cm³/mol. The molecule has 7 nitrogen and oxygen atoms in total. The molecule has 1 amide bonds. The van der Waals surface area contributed by atoms with Crippen molar-refractivity contribution in [1.82, 2.24) is 14.8 Å². The number of thioether (sulfide) groups is 1. The molecule has 0 saturated carbocycles. The molecule has 0 radical (unpaired) electrons. The van der Waals surface area contributed by atoms with Gasteiger partial charge in [0, 0.05) is 5.69 Å². The van der Waals surface area contributed by atoms with Gasteiger partial charge in [-0.05, 0) is 55.5 Å². The van der Waals surface area contributed by atoms with Crippen molar-refractivity contribution in [2.24, 2.45) is 0 Å². The number of phenolic OH excluding ortho intramolecular Hbond substituents is 1. The zero-order valence-corrected chi connectivity index (χ0v) is 18.5. The van der Waals surface area contributed by atoms with Crippen LogP contribution in [0.25, 0.3) is 5.69 Å². The minimum atomic E-state index is -0.493. The van der Waals surface area contributed by atoms with Crippen molar-refractivity contribution in [1.29, 1.82) is 0 Å². The molecule has 4 rings (SSSR count). The van der Waals surface area contributed by atoms with Gasteiger partial charge in [0.05, 0.1) is 11.4 Å². The highest BCUT2D eigenvalue weighted by Gasteiger charge is 2.22. The first kappa shape index (κ1) is 22.3. The fourth-order valence-electron chi connectivity index (χ4n) is 3.12. The van der Waals surface area contributed by atoms with Gasteiger partial charge in [0.15, 0.2) is 17.1 Å². The molecule has 3 aromatic carbocycles. The number of amides is 1. The number of rotatable bonds is 8. The Labute approximate surface area is 194 Å². The fraction of sp³-hybridized carbons (Fsp3) is 0.125. The third kappa shape index (κ3) is 5.50. The van der Waals surface area contributed by atoms with Crippen molar-refractivity contribution in [2.45, 2.75) is 18.2 Å². The number of hydrogen-bond donors (Lipinski definition) is 2. The van der Waals surface area contributed by atoms with Crippen LogP contribution in [0.3, 0.4) is 0 Å². The maximum atomic E-state index is 13.2. The maximum absolute atomic E-state index is 13.2. The molecule has 1 unspecified atom stereocenters. The predicted octanol–water partition coefficient (Wildman–Crippen LogP) is 4.98. The van der Waals surface area contributed by atoms with Gasteiger partial charge in [0.2, 0.25) is 5.91 Å². The molecular weight excluding hydrogens is 443 g/mol. The lowest BCUT2D eigenvalue weighted by Crippen LogP contribution is -2.15. The lowest BCUT2D eigenvalue weighted by atomic mass is 10.3. The Kier molecular flexibility index (Phi) is 6.89. The molecule has 0 aliphatic rings. The quantitative estimate of drug-likeness (QED) is 0.282. The zero-order valence-electron chi connectivity index (χ0n) is 17.7. The van der Waals surface area contributed by atoms with E-state index in [0.29, 0.717) is 22.4 Å². The van der Waals surface area contributed by atoms with E-state index in [1.54, 1.807) is 30.3 Å². The Bertz CT molecular complexity index is 1230. The van der Waals surface area contributed by atoms with Crippen molar-refractivity contribution in [3.8, 4) is 17.2 Å². The van der Waals surface area contributed by atoms with Gasteiger partial charge in [-0.1, -0.05) is 42.1 Å². The van der Waals surface area contributed by atoms with Crippen LogP contribution < -0.4 is 10.1 Å². The van der Waals surface area contributed by atoms with Crippen molar-refractivity contribution in [2.75, 3.05) is 11.1 Å². The lowest BCUT2D eigenvalue weighted by molar-refractivity contribution is -0.113. The van der Waals surface area contributed by atoms with E-state index in [-0.39, 0.29) is 23.2 Å². The number of anilines is 1. The van der Waals surface area contributed by atoms with Crippen molar-refractivity contribution in [3.05, 3.63) is 90.5 Å². The van der Waals surface area contributed by atoms with E-state index < -0.39 is 6.10 Å². The van der Waals surface area contributed by atoms with Gasteiger partial charge in [-0.25, -0.2) is 4.39 Å². The molecule has 4 aromatic rings.